The number of hydrogen-bond acceptors (Lipinski definition) is 1. The van der Waals surface area contributed by atoms with Crippen LogP contribution < -0.4 is 0 Å². The van der Waals surface area contributed by atoms with Crippen molar-refractivity contribution in [2.75, 3.05) is 14.1 Å². The molecule has 1 nitrogen and oxygen atoms in total. The van der Waals surface area contributed by atoms with Gasteiger partial charge >= 0.3 is 0 Å². The highest BCUT2D eigenvalue weighted by atomic mass is 15.0. The Bertz CT molecular complexity index is 168. The molecule has 0 saturated heterocycles. The van der Waals surface area contributed by atoms with Crippen molar-refractivity contribution in [2.24, 2.45) is 10.8 Å². The van der Waals surface area contributed by atoms with Crippen LogP contribution in [0.2, 0.25) is 12.6 Å². The molecule has 0 heterocycles. The van der Waals surface area contributed by atoms with E-state index < -0.39 is 0 Å². The molecule has 0 saturated carbocycles. The van der Waals surface area contributed by atoms with Crippen molar-refractivity contribution in [3.8, 4) is 0 Å². The van der Waals surface area contributed by atoms with E-state index in [9.17, 15) is 0 Å². The van der Waals surface area contributed by atoms with Crippen molar-refractivity contribution in [1.29, 1.82) is 0 Å². The molecule has 0 unspecified atom stereocenters. The molecule has 2 heteroatoms. The van der Waals surface area contributed by atoms with E-state index in [1.54, 1.807) is 0 Å². The lowest BCUT2D eigenvalue weighted by Gasteiger charge is -2.27. The van der Waals surface area contributed by atoms with Gasteiger partial charge in [-0.2, -0.15) is 0 Å². The molecular formula is C14H32BN. The van der Waals surface area contributed by atoms with Crippen LogP contribution in [0.15, 0.2) is 0 Å². The second kappa shape index (κ2) is 6.09. The molecule has 16 heavy (non-hydrogen) atoms. The molecule has 0 aromatic heterocycles. The van der Waals surface area contributed by atoms with Crippen molar-refractivity contribution >= 4 is 6.85 Å². The first kappa shape index (κ1) is 16.0. The third kappa shape index (κ3) is 9.27. The predicted molar refractivity (Wildman–Crippen MR) is 77.2 cm³/mol. The van der Waals surface area contributed by atoms with Gasteiger partial charge in [-0.25, -0.2) is 0 Å². The summed E-state index contributed by atoms with van der Waals surface area (Å²) in [5.41, 5.74) is 0.936. The third-order valence-corrected chi connectivity index (χ3v) is 3.19. The van der Waals surface area contributed by atoms with E-state index in [2.05, 4.69) is 60.4 Å². The zero-order chi connectivity index (χ0) is 13.0. The molecule has 0 aliphatic rings. The summed E-state index contributed by atoms with van der Waals surface area (Å²) in [6.07, 6.45) is 5.29. The van der Waals surface area contributed by atoms with Crippen LogP contribution in [0.25, 0.3) is 0 Å². The van der Waals surface area contributed by atoms with Crippen LogP contribution in [0.1, 0.15) is 54.4 Å². The molecule has 0 aromatic carbocycles. The van der Waals surface area contributed by atoms with E-state index in [1.165, 1.54) is 25.5 Å². The quantitative estimate of drug-likeness (QED) is 0.626. The minimum Gasteiger partial charge on any atom is -0.347 e. The van der Waals surface area contributed by atoms with E-state index in [0.717, 1.165) is 6.85 Å². The molecular weight excluding hydrogens is 193 g/mol. The van der Waals surface area contributed by atoms with E-state index >= 15 is 0 Å². The minimum absolute atomic E-state index is 0.468. The molecule has 0 N–H and O–H groups in total. The molecule has 0 fully saturated rings. The van der Waals surface area contributed by atoms with E-state index in [1.807, 2.05) is 0 Å². The summed E-state index contributed by atoms with van der Waals surface area (Å²) in [5.74, 6) is 0. The first-order chi connectivity index (χ1) is 7.01. The number of hydrogen-bond donors (Lipinski definition) is 0. The van der Waals surface area contributed by atoms with Crippen molar-refractivity contribution in [3.63, 3.8) is 0 Å². The highest BCUT2D eigenvalue weighted by Gasteiger charge is 2.22. The largest absolute Gasteiger partial charge is 0.347 e. The Kier molecular flexibility index (Phi) is 6.10. The maximum absolute atomic E-state index is 2.40. The van der Waals surface area contributed by atoms with Crippen LogP contribution in [-0.4, -0.2) is 25.8 Å². The fraction of sp³-hybridized carbons (Fsp3) is 1.00. The maximum Gasteiger partial charge on any atom is 0.222 e. The second-order valence-corrected chi connectivity index (χ2v) is 7.82. The summed E-state index contributed by atoms with van der Waals surface area (Å²) in [4.78, 5) is 2.40. The number of nitrogens with zero attached hydrogens (tertiary/aromatic N) is 1. The van der Waals surface area contributed by atoms with Gasteiger partial charge in [0.25, 0.3) is 0 Å². The van der Waals surface area contributed by atoms with E-state index in [-0.39, 0.29) is 0 Å². The zero-order valence-corrected chi connectivity index (χ0v) is 12.9. The normalized spacial score (nSPS) is 13.3. The zero-order valence-electron chi connectivity index (χ0n) is 12.9. The molecule has 0 spiro atoms. The van der Waals surface area contributed by atoms with Gasteiger partial charge in [-0.1, -0.05) is 67.0 Å². The summed E-state index contributed by atoms with van der Waals surface area (Å²) in [5, 5.41) is 0. The van der Waals surface area contributed by atoms with Gasteiger partial charge < -0.3 is 4.81 Å². The Morgan fingerprint density at radius 3 is 1.25 bits per heavy atom. The highest BCUT2D eigenvalue weighted by molar-refractivity contribution is 6.55. The van der Waals surface area contributed by atoms with Gasteiger partial charge in [-0.05, 0) is 24.9 Å². The summed E-state index contributed by atoms with van der Waals surface area (Å²) >= 11 is 0. The van der Waals surface area contributed by atoms with Gasteiger partial charge in [-0.15, -0.1) is 0 Å². The van der Waals surface area contributed by atoms with Crippen LogP contribution in [0.4, 0.5) is 0 Å². The maximum atomic E-state index is 2.40. The fourth-order valence-electron chi connectivity index (χ4n) is 1.86. The topological polar surface area (TPSA) is 3.24 Å². The molecule has 0 amide bonds. The van der Waals surface area contributed by atoms with Crippen molar-refractivity contribution in [1.82, 2.24) is 4.81 Å². The predicted octanol–water partition coefficient (Wildman–Crippen LogP) is 4.41. The van der Waals surface area contributed by atoms with E-state index in [4.69, 9.17) is 0 Å². The Labute approximate surface area is 104 Å². The lowest BCUT2D eigenvalue weighted by Crippen LogP contribution is -2.34. The van der Waals surface area contributed by atoms with E-state index in [0.29, 0.717) is 10.8 Å². The average Bonchev–Trinajstić information content (AvgIpc) is 1.98. The summed E-state index contributed by atoms with van der Waals surface area (Å²) in [6.45, 7) is 14.8. The molecule has 0 aliphatic heterocycles. The van der Waals surface area contributed by atoms with Crippen LogP contribution in [0.5, 0.6) is 0 Å². The van der Waals surface area contributed by atoms with Gasteiger partial charge in [0.1, 0.15) is 0 Å². The molecule has 0 radical (unpaired) electrons. The van der Waals surface area contributed by atoms with Gasteiger partial charge in [0.2, 0.25) is 6.85 Å². The smallest absolute Gasteiger partial charge is 0.222 e. The van der Waals surface area contributed by atoms with Gasteiger partial charge in [-0.3, -0.25) is 0 Å². The Balaban J connectivity index is 4.09. The Morgan fingerprint density at radius 2 is 1.06 bits per heavy atom. The molecule has 96 valence electrons. The molecule has 0 rings (SSSR count). The molecule has 0 aliphatic carbocycles. The monoisotopic (exact) mass is 225 g/mol. The van der Waals surface area contributed by atoms with Crippen molar-refractivity contribution in [2.45, 2.75) is 67.0 Å². The summed E-state index contributed by atoms with van der Waals surface area (Å²) in [6, 6.07) is 0. The average molecular weight is 225 g/mol. The minimum atomic E-state index is 0.468. The Hall–Kier alpha value is 0.0249. The Morgan fingerprint density at radius 1 is 0.750 bits per heavy atom. The van der Waals surface area contributed by atoms with Crippen LogP contribution in [0.3, 0.4) is 0 Å². The molecule has 0 bridgehead atoms. The summed E-state index contributed by atoms with van der Waals surface area (Å²) in [7, 11) is 4.44. The van der Waals surface area contributed by atoms with Crippen molar-refractivity contribution < 1.29 is 0 Å². The molecule has 0 atom stereocenters. The fourth-order valence-corrected chi connectivity index (χ4v) is 1.86. The first-order valence-corrected chi connectivity index (χ1v) is 6.68. The standard InChI is InChI=1S/C14H32BN/c1-13(2,3)9-11-15(16(7)8)12-10-14(4,5)6/h9-12H2,1-8H3. The summed E-state index contributed by atoms with van der Waals surface area (Å²) < 4.78 is 0. The SMILES string of the molecule is CN(C)B(CCC(C)(C)C)CCC(C)(C)C. The number of rotatable bonds is 5. The lowest BCUT2D eigenvalue weighted by molar-refractivity contribution is 0.381. The van der Waals surface area contributed by atoms with Gasteiger partial charge in [0.05, 0.1) is 0 Å². The second-order valence-electron chi connectivity index (χ2n) is 7.82. The van der Waals surface area contributed by atoms with Crippen LogP contribution >= 0.6 is 0 Å². The third-order valence-electron chi connectivity index (χ3n) is 3.19. The highest BCUT2D eigenvalue weighted by Crippen LogP contribution is 2.27. The molecule has 0 aromatic rings. The van der Waals surface area contributed by atoms with Crippen LogP contribution in [0, 0.1) is 10.8 Å². The van der Waals surface area contributed by atoms with Crippen molar-refractivity contribution in [3.05, 3.63) is 0 Å². The van der Waals surface area contributed by atoms with Gasteiger partial charge in [0.15, 0.2) is 0 Å². The first-order valence-electron chi connectivity index (χ1n) is 6.68. The van der Waals surface area contributed by atoms with Gasteiger partial charge in [0, 0.05) is 0 Å². The van der Waals surface area contributed by atoms with Crippen LogP contribution in [-0.2, 0) is 0 Å². The lowest BCUT2D eigenvalue weighted by atomic mass is 9.51.